The van der Waals surface area contributed by atoms with Crippen LogP contribution >= 0.6 is 12.2 Å². The summed E-state index contributed by atoms with van der Waals surface area (Å²) in [6.07, 6.45) is 1.30. The van der Waals surface area contributed by atoms with Crippen molar-refractivity contribution in [2.24, 2.45) is 17.1 Å². The first-order valence-electron chi connectivity index (χ1n) is 5.66. The molecular formula is C11H18N2O3S. The van der Waals surface area contributed by atoms with Gasteiger partial charge in [-0.2, -0.15) is 0 Å². The van der Waals surface area contributed by atoms with E-state index in [4.69, 9.17) is 22.7 Å². The van der Waals surface area contributed by atoms with Crippen molar-refractivity contribution in [3.05, 3.63) is 0 Å². The Balaban J connectivity index is 2.51. The molecule has 0 saturated heterocycles. The number of carbonyl (C=O) groups excluding carboxylic acids is 2. The summed E-state index contributed by atoms with van der Waals surface area (Å²) in [5.41, 5.74) is 4.85. The molecule has 1 fully saturated rings. The number of nitrogens with one attached hydrogen (secondary N) is 1. The van der Waals surface area contributed by atoms with Gasteiger partial charge in [0.05, 0.1) is 17.0 Å². The van der Waals surface area contributed by atoms with E-state index in [2.05, 4.69) is 5.32 Å². The first kappa shape index (κ1) is 13.9. The number of rotatable bonds is 5. The number of amides is 1. The fraction of sp³-hybridized carbons (Fsp3) is 0.727. The lowest BCUT2D eigenvalue weighted by atomic mass is 9.62. The van der Waals surface area contributed by atoms with E-state index in [1.807, 2.05) is 6.92 Å². The molecule has 0 unspecified atom stereocenters. The highest BCUT2D eigenvalue weighted by Crippen LogP contribution is 2.45. The van der Waals surface area contributed by atoms with Crippen molar-refractivity contribution in [1.29, 1.82) is 0 Å². The van der Waals surface area contributed by atoms with Crippen molar-refractivity contribution in [3.63, 3.8) is 0 Å². The highest BCUT2D eigenvalue weighted by Gasteiger charge is 2.50. The predicted octanol–water partition coefficient (Wildman–Crippen LogP) is 0.368. The van der Waals surface area contributed by atoms with Crippen molar-refractivity contribution < 1.29 is 14.3 Å². The van der Waals surface area contributed by atoms with E-state index in [0.29, 0.717) is 25.4 Å². The van der Waals surface area contributed by atoms with Gasteiger partial charge < -0.3 is 15.8 Å². The Morgan fingerprint density at radius 2 is 2.12 bits per heavy atom. The van der Waals surface area contributed by atoms with Crippen molar-refractivity contribution in [3.8, 4) is 0 Å². The van der Waals surface area contributed by atoms with E-state index in [1.54, 1.807) is 6.92 Å². The predicted molar refractivity (Wildman–Crippen MR) is 67.3 cm³/mol. The zero-order chi connectivity index (χ0) is 13.1. The number of carbonyl (C=O) groups is 2. The van der Waals surface area contributed by atoms with Crippen LogP contribution in [0.25, 0.3) is 0 Å². The fourth-order valence-corrected chi connectivity index (χ4v) is 2.42. The van der Waals surface area contributed by atoms with Crippen molar-refractivity contribution in [2.45, 2.75) is 26.7 Å². The van der Waals surface area contributed by atoms with Gasteiger partial charge in [-0.3, -0.25) is 9.59 Å². The van der Waals surface area contributed by atoms with E-state index < -0.39 is 11.4 Å². The van der Waals surface area contributed by atoms with E-state index in [0.717, 1.165) is 0 Å². The third kappa shape index (κ3) is 2.94. The summed E-state index contributed by atoms with van der Waals surface area (Å²) in [5.74, 6) is -0.285. The molecule has 3 N–H and O–H groups in total. The Morgan fingerprint density at radius 3 is 2.53 bits per heavy atom. The molecule has 0 aromatic carbocycles. The van der Waals surface area contributed by atoms with Crippen LogP contribution in [0.5, 0.6) is 0 Å². The van der Waals surface area contributed by atoms with Crippen LogP contribution in [0.4, 0.5) is 0 Å². The molecule has 96 valence electrons. The molecular weight excluding hydrogens is 240 g/mol. The molecule has 5 nitrogen and oxygen atoms in total. The smallest absolute Gasteiger partial charge is 0.325 e. The van der Waals surface area contributed by atoms with E-state index in [9.17, 15) is 9.59 Å². The van der Waals surface area contributed by atoms with Crippen LogP contribution < -0.4 is 11.1 Å². The lowest BCUT2D eigenvalue weighted by Gasteiger charge is -2.43. The zero-order valence-electron chi connectivity index (χ0n) is 10.1. The Kier molecular flexibility index (Phi) is 4.45. The van der Waals surface area contributed by atoms with Gasteiger partial charge >= 0.3 is 5.97 Å². The summed E-state index contributed by atoms with van der Waals surface area (Å²) in [6.45, 7) is 3.91. The Morgan fingerprint density at radius 1 is 1.53 bits per heavy atom. The quantitative estimate of drug-likeness (QED) is 0.550. The van der Waals surface area contributed by atoms with Gasteiger partial charge in [-0.05, 0) is 25.7 Å². The van der Waals surface area contributed by atoms with Crippen LogP contribution in [0.1, 0.15) is 26.7 Å². The maximum atomic E-state index is 12.0. The molecule has 0 atom stereocenters. The average Bonchev–Trinajstić information content (AvgIpc) is 2.21. The first-order chi connectivity index (χ1) is 7.92. The number of nitrogens with two attached hydrogens (primary N) is 1. The molecule has 0 radical (unpaired) electrons. The topological polar surface area (TPSA) is 81.4 Å². The SMILES string of the molecule is CCOC(=O)CNC(=O)C1(C(N)=S)CC(C)C1. The minimum Gasteiger partial charge on any atom is -0.465 e. The Bertz CT molecular complexity index is 338. The van der Waals surface area contributed by atoms with Gasteiger partial charge in [-0.25, -0.2) is 0 Å². The summed E-state index contributed by atoms with van der Waals surface area (Å²) in [4.78, 5) is 23.3. The average molecular weight is 258 g/mol. The minimum atomic E-state index is -0.763. The summed E-state index contributed by atoms with van der Waals surface area (Å²) < 4.78 is 4.72. The Hall–Kier alpha value is -1.17. The van der Waals surface area contributed by atoms with E-state index in [1.165, 1.54) is 0 Å². The van der Waals surface area contributed by atoms with Crippen LogP contribution in [0, 0.1) is 11.3 Å². The number of thiocarbonyl (C=S) groups is 1. The van der Waals surface area contributed by atoms with Crippen LogP contribution in [0.3, 0.4) is 0 Å². The van der Waals surface area contributed by atoms with Crippen molar-refractivity contribution >= 4 is 29.1 Å². The number of hydrogen-bond acceptors (Lipinski definition) is 4. The van der Waals surface area contributed by atoms with E-state index in [-0.39, 0.29) is 17.4 Å². The fourth-order valence-electron chi connectivity index (χ4n) is 2.16. The van der Waals surface area contributed by atoms with Gasteiger partial charge in [-0.1, -0.05) is 19.1 Å². The monoisotopic (exact) mass is 258 g/mol. The van der Waals surface area contributed by atoms with Gasteiger partial charge in [-0.15, -0.1) is 0 Å². The van der Waals surface area contributed by atoms with E-state index >= 15 is 0 Å². The molecule has 0 aliphatic heterocycles. The summed E-state index contributed by atoms with van der Waals surface area (Å²) in [6, 6.07) is 0. The highest BCUT2D eigenvalue weighted by molar-refractivity contribution is 7.80. The van der Waals surface area contributed by atoms with Gasteiger partial charge in [0.1, 0.15) is 6.54 Å². The molecule has 0 bridgehead atoms. The summed E-state index contributed by atoms with van der Waals surface area (Å²) in [5, 5.41) is 2.53. The van der Waals surface area contributed by atoms with Gasteiger partial charge in [0.2, 0.25) is 5.91 Å². The zero-order valence-corrected chi connectivity index (χ0v) is 10.9. The maximum Gasteiger partial charge on any atom is 0.325 e. The Labute approximate surface area is 106 Å². The lowest BCUT2D eigenvalue weighted by molar-refractivity contribution is -0.145. The highest BCUT2D eigenvalue weighted by atomic mass is 32.1. The molecule has 1 rings (SSSR count). The molecule has 17 heavy (non-hydrogen) atoms. The second-order valence-electron chi connectivity index (χ2n) is 4.45. The summed E-state index contributed by atoms with van der Waals surface area (Å²) >= 11 is 4.94. The van der Waals surface area contributed by atoms with Crippen LogP contribution in [0.15, 0.2) is 0 Å². The first-order valence-corrected chi connectivity index (χ1v) is 6.07. The molecule has 0 aromatic heterocycles. The molecule has 6 heteroatoms. The molecule has 1 amide bonds. The molecule has 0 heterocycles. The third-order valence-electron chi connectivity index (χ3n) is 3.00. The van der Waals surface area contributed by atoms with Crippen LogP contribution in [0.2, 0.25) is 0 Å². The lowest BCUT2D eigenvalue weighted by Crippen LogP contribution is -2.56. The number of hydrogen-bond donors (Lipinski definition) is 2. The molecule has 1 aliphatic carbocycles. The van der Waals surface area contributed by atoms with Gasteiger partial charge in [0, 0.05) is 0 Å². The molecule has 0 aromatic rings. The maximum absolute atomic E-state index is 12.0. The second-order valence-corrected chi connectivity index (χ2v) is 4.89. The third-order valence-corrected chi connectivity index (χ3v) is 3.39. The van der Waals surface area contributed by atoms with Crippen molar-refractivity contribution in [2.75, 3.05) is 13.2 Å². The second kappa shape index (κ2) is 5.44. The molecule has 1 aliphatic rings. The van der Waals surface area contributed by atoms with Gasteiger partial charge in [0.25, 0.3) is 0 Å². The summed E-state index contributed by atoms with van der Waals surface area (Å²) in [7, 11) is 0. The minimum absolute atomic E-state index is 0.134. The normalized spacial score (nSPS) is 26.8. The number of esters is 1. The standard InChI is InChI=1S/C11H18N2O3S/c1-3-16-8(14)6-13-10(15)11(9(12)17)4-7(2)5-11/h7H,3-6H2,1-2H3,(H2,12,17)(H,13,15). The van der Waals surface area contributed by atoms with Gasteiger partial charge in [0.15, 0.2) is 0 Å². The largest absolute Gasteiger partial charge is 0.465 e. The van der Waals surface area contributed by atoms with Crippen molar-refractivity contribution in [1.82, 2.24) is 5.32 Å². The molecule has 0 spiro atoms. The number of ether oxygens (including phenoxy) is 1. The molecule has 1 saturated carbocycles. The van der Waals surface area contributed by atoms with Crippen LogP contribution in [-0.2, 0) is 14.3 Å². The van der Waals surface area contributed by atoms with Crippen LogP contribution in [-0.4, -0.2) is 30.0 Å².